The van der Waals surface area contributed by atoms with Crippen molar-refractivity contribution < 1.29 is 5.11 Å². The van der Waals surface area contributed by atoms with E-state index in [2.05, 4.69) is 46.6 Å². The van der Waals surface area contributed by atoms with Crippen LogP contribution in [0.25, 0.3) is 10.9 Å². The molecule has 4 rings (SSSR count). The van der Waals surface area contributed by atoms with Gasteiger partial charge < -0.3 is 20.3 Å². The standard InChI is InChI=1S/C21H26N4O/c1-15-5-6-19-17(10-15)18-12-24(2)9-7-20(18)25(19)14-21(26,13-22)16-4-3-8-23-11-16/h3-6,8,10-11,26H,7,9,12-14,22H2,1-2H3. The average Bonchev–Trinajstić information content (AvgIpc) is 2.94. The molecule has 136 valence electrons. The van der Waals surface area contributed by atoms with Crippen LogP contribution in [-0.2, 0) is 25.1 Å². The van der Waals surface area contributed by atoms with Crippen molar-refractivity contribution in [1.82, 2.24) is 14.5 Å². The number of benzene rings is 1. The highest BCUT2D eigenvalue weighted by Crippen LogP contribution is 2.34. The summed E-state index contributed by atoms with van der Waals surface area (Å²) in [6.07, 6.45) is 4.40. The lowest BCUT2D eigenvalue weighted by molar-refractivity contribution is 0.0274. The molecule has 3 aromatic rings. The number of nitrogens with two attached hydrogens (primary N) is 1. The van der Waals surface area contributed by atoms with E-state index in [4.69, 9.17) is 5.73 Å². The molecular weight excluding hydrogens is 324 g/mol. The van der Waals surface area contributed by atoms with E-state index in [0.29, 0.717) is 6.54 Å². The molecule has 0 saturated carbocycles. The second-order valence-corrected chi connectivity index (χ2v) is 7.50. The zero-order valence-corrected chi connectivity index (χ0v) is 15.4. The van der Waals surface area contributed by atoms with Gasteiger partial charge in [-0.2, -0.15) is 0 Å². The third-order valence-electron chi connectivity index (χ3n) is 5.56. The third kappa shape index (κ3) is 2.82. The van der Waals surface area contributed by atoms with Crippen LogP contribution in [0.4, 0.5) is 0 Å². The Morgan fingerprint density at radius 1 is 1.31 bits per heavy atom. The Morgan fingerprint density at radius 3 is 2.88 bits per heavy atom. The SMILES string of the molecule is Cc1ccc2c(c1)c1c(n2CC(O)(CN)c2cccnc2)CCN(C)C1. The molecule has 5 heteroatoms. The second kappa shape index (κ2) is 6.50. The summed E-state index contributed by atoms with van der Waals surface area (Å²) < 4.78 is 2.27. The Kier molecular flexibility index (Phi) is 4.31. The topological polar surface area (TPSA) is 67.3 Å². The Balaban J connectivity index is 1.86. The molecule has 0 radical (unpaired) electrons. The summed E-state index contributed by atoms with van der Waals surface area (Å²) in [7, 11) is 2.16. The number of fused-ring (bicyclic) bond motifs is 3. The van der Waals surface area contributed by atoms with Gasteiger partial charge >= 0.3 is 0 Å². The highest BCUT2D eigenvalue weighted by Gasteiger charge is 2.32. The number of aryl methyl sites for hydroxylation is 1. The van der Waals surface area contributed by atoms with Crippen LogP contribution in [0.15, 0.2) is 42.7 Å². The predicted octanol–water partition coefficient (Wildman–Crippen LogP) is 2.18. The van der Waals surface area contributed by atoms with Crippen LogP contribution < -0.4 is 5.73 Å². The summed E-state index contributed by atoms with van der Waals surface area (Å²) in [6, 6.07) is 10.3. The van der Waals surface area contributed by atoms with E-state index in [1.807, 2.05) is 12.1 Å². The van der Waals surface area contributed by atoms with E-state index in [-0.39, 0.29) is 6.54 Å². The third-order valence-corrected chi connectivity index (χ3v) is 5.56. The minimum absolute atomic E-state index is 0.152. The van der Waals surface area contributed by atoms with Gasteiger partial charge in [-0.3, -0.25) is 4.98 Å². The Bertz CT molecular complexity index is 934. The van der Waals surface area contributed by atoms with Crippen molar-refractivity contribution in [1.29, 1.82) is 0 Å². The van der Waals surface area contributed by atoms with Gasteiger partial charge in [0.1, 0.15) is 5.60 Å². The maximum absolute atomic E-state index is 11.3. The molecule has 3 heterocycles. The summed E-state index contributed by atoms with van der Waals surface area (Å²) in [6.45, 7) is 4.68. The van der Waals surface area contributed by atoms with Crippen LogP contribution >= 0.6 is 0 Å². The van der Waals surface area contributed by atoms with E-state index < -0.39 is 5.60 Å². The molecule has 1 aliphatic heterocycles. The summed E-state index contributed by atoms with van der Waals surface area (Å²) in [5.41, 5.74) is 10.8. The van der Waals surface area contributed by atoms with Crippen molar-refractivity contribution in [3.05, 3.63) is 65.1 Å². The Morgan fingerprint density at radius 2 is 2.15 bits per heavy atom. The zero-order valence-electron chi connectivity index (χ0n) is 15.4. The second-order valence-electron chi connectivity index (χ2n) is 7.50. The number of likely N-dealkylation sites (N-methyl/N-ethyl adjacent to an activating group) is 1. The van der Waals surface area contributed by atoms with Gasteiger partial charge in [0, 0.05) is 60.6 Å². The molecule has 5 nitrogen and oxygen atoms in total. The number of hydrogen-bond donors (Lipinski definition) is 2. The lowest BCUT2D eigenvalue weighted by atomic mass is 9.95. The van der Waals surface area contributed by atoms with E-state index in [1.54, 1.807) is 12.4 Å². The van der Waals surface area contributed by atoms with Crippen molar-refractivity contribution in [3.63, 3.8) is 0 Å². The average molecular weight is 350 g/mol. The van der Waals surface area contributed by atoms with Crippen LogP contribution in [0.5, 0.6) is 0 Å². The van der Waals surface area contributed by atoms with Crippen molar-refractivity contribution in [2.45, 2.75) is 32.0 Å². The number of pyridine rings is 1. The lowest BCUT2D eigenvalue weighted by Gasteiger charge is -2.30. The molecule has 1 atom stereocenters. The fraction of sp³-hybridized carbons (Fsp3) is 0.381. The van der Waals surface area contributed by atoms with Crippen molar-refractivity contribution in [2.75, 3.05) is 20.1 Å². The van der Waals surface area contributed by atoms with Crippen LogP contribution in [-0.4, -0.2) is 39.7 Å². The highest BCUT2D eigenvalue weighted by atomic mass is 16.3. The van der Waals surface area contributed by atoms with Gasteiger partial charge in [-0.15, -0.1) is 0 Å². The molecule has 26 heavy (non-hydrogen) atoms. The van der Waals surface area contributed by atoms with Crippen LogP contribution in [0.1, 0.15) is 22.4 Å². The normalized spacial score (nSPS) is 17.2. The number of aliphatic hydroxyl groups is 1. The molecule has 1 aliphatic rings. The molecule has 0 bridgehead atoms. The number of aromatic nitrogens is 2. The molecule has 0 spiro atoms. The van der Waals surface area contributed by atoms with Gasteiger partial charge in [0.2, 0.25) is 0 Å². The predicted molar refractivity (Wildman–Crippen MR) is 104 cm³/mol. The van der Waals surface area contributed by atoms with Crippen LogP contribution in [0.3, 0.4) is 0 Å². The minimum atomic E-state index is -1.14. The van der Waals surface area contributed by atoms with Gasteiger partial charge in [-0.05, 0) is 37.7 Å². The first-order valence-electron chi connectivity index (χ1n) is 9.14. The van der Waals surface area contributed by atoms with Crippen molar-refractivity contribution >= 4 is 10.9 Å². The van der Waals surface area contributed by atoms with Gasteiger partial charge in [-0.1, -0.05) is 17.7 Å². The molecule has 0 aliphatic carbocycles. The molecule has 0 saturated heterocycles. The highest BCUT2D eigenvalue weighted by molar-refractivity contribution is 5.86. The Hall–Kier alpha value is -2.21. The molecule has 1 unspecified atom stereocenters. The van der Waals surface area contributed by atoms with E-state index in [1.165, 1.54) is 27.7 Å². The van der Waals surface area contributed by atoms with Crippen molar-refractivity contribution in [3.8, 4) is 0 Å². The molecule has 2 aromatic heterocycles. The van der Waals surface area contributed by atoms with Crippen molar-refractivity contribution in [2.24, 2.45) is 5.73 Å². The first kappa shape index (κ1) is 17.2. The summed E-state index contributed by atoms with van der Waals surface area (Å²) >= 11 is 0. The summed E-state index contributed by atoms with van der Waals surface area (Å²) in [5.74, 6) is 0. The van der Waals surface area contributed by atoms with Crippen LogP contribution in [0, 0.1) is 6.92 Å². The van der Waals surface area contributed by atoms with E-state index in [0.717, 1.165) is 25.1 Å². The Labute approximate surface area is 154 Å². The maximum Gasteiger partial charge on any atom is 0.121 e. The first-order chi connectivity index (χ1) is 12.5. The smallest absolute Gasteiger partial charge is 0.121 e. The lowest BCUT2D eigenvalue weighted by Crippen LogP contribution is -2.40. The largest absolute Gasteiger partial charge is 0.382 e. The number of nitrogens with zero attached hydrogens (tertiary/aromatic N) is 3. The van der Waals surface area contributed by atoms with E-state index in [9.17, 15) is 5.11 Å². The summed E-state index contributed by atoms with van der Waals surface area (Å²) in [4.78, 5) is 6.52. The molecule has 0 amide bonds. The first-order valence-corrected chi connectivity index (χ1v) is 9.14. The number of hydrogen-bond acceptors (Lipinski definition) is 4. The quantitative estimate of drug-likeness (QED) is 0.757. The fourth-order valence-corrected chi connectivity index (χ4v) is 4.05. The van der Waals surface area contributed by atoms with Gasteiger partial charge in [0.05, 0.1) is 6.54 Å². The van der Waals surface area contributed by atoms with Crippen LogP contribution in [0.2, 0.25) is 0 Å². The molecule has 0 fully saturated rings. The molecule has 3 N–H and O–H groups in total. The zero-order chi connectivity index (χ0) is 18.3. The van der Waals surface area contributed by atoms with Gasteiger partial charge in [0.15, 0.2) is 0 Å². The molecule has 1 aromatic carbocycles. The van der Waals surface area contributed by atoms with E-state index >= 15 is 0 Å². The minimum Gasteiger partial charge on any atom is -0.382 e. The molecular formula is C21H26N4O. The summed E-state index contributed by atoms with van der Waals surface area (Å²) in [5, 5.41) is 12.6. The maximum atomic E-state index is 11.3. The monoisotopic (exact) mass is 350 g/mol. The fourth-order valence-electron chi connectivity index (χ4n) is 4.05. The number of rotatable bonds is 4. The van der Waals surface area contributed by atoms with Gasteiger partial charge in [-0.25, -0.2) is 0 Å². The van der Waals surface area contributed by atoms with Gasteiger partial charge in [0.25, 0.3) is 0 Å².